The summed E-state index contributed by atoms with van der Waals surface area (Å²) in [5.74, 6) is -2.50. The van der Waals surface area contributed by atoms with Gasteiger partial charge in [-0.3, -0.25) is 14.5 Å². The summed E-state index contributed by atoms with van der Waals surface area (Å²) in [6, 6.07) is -0.0606. The van der Waals surface area contributed by atoms with Crippen LogP contribution < -0.4 is 11.5 Å². The van der Waals surface area contributed by atoms with E-state index in [1.54, 1.807) is 0 Å². The summed E-state index contributed by atoms with van der Waals surface area (Å²) in [5, 5.41) is 16.0. The molecule has 0 aromatic heterocycles. The fraction of sp³-hybridized carbons (Fsp3) is 0.833. The number of carboxylic acids is 2. The summed E-state index contributed by atoms with van der Waals surface area (Å²) < 4.78 is 0. The topological polar surface area (TPSA) is 130 Å². The number of carboxylic acid groups (broad SMARTS) is 2. The van der Waals surface area contributed by atoms with Crippen LogP contribution in [0, 0.1) is 0 Å². The molecule has 0 aliphatic carbocycles. The van der Waals surface area contributed by atoms with Crippen molar-refractivity contribution in [1.29, 1.82) is 0 Å². The molecule has 0 saturated heterocycles. The summed E-state index contributed by atoms with van der Waals surface area (Å²) in [6.07, 6.45) is -0.532. The highest BCUT2D eigenvalue weighted by atomic mass is 16.4. The van der Waals surface area contributed by atoms with Crippen LogP contribution in [0.25, 0.3) is 0 Å². The van der Waals surface area contributed by atoms with Crippen LogP contribution in [0.15, 0.2) is 0 Å². The van der Waals surface area contributed by atoms with E-state index in [0.29, 0.717) is 12.1 Å². The quantitative estimate of drug-likeness (QED) is 0.512. The Hall–Kier alpha value is -1.18. The molecule has 7 nitrogen and oxygen atoms in total. The smallest absolute Gasteiger partial charge is 0.321 e. The monoisotopic (exact) mass is 277 g/mol. The van der Waals surface area contributed by atoms with Gasteiger partial charge in [-0.15, -0.1) is 0 Å². The third-order valence-corrected chi connectivity index (χ3v) is 2.43. The van der Waals surface area contributed by atoms with E-state index in [1.165, 1.54) is 0 Å². The van der Waals surface area contributed by atoms with Gasteiger partial charge in [-0.05, 0) is 27.7 Å². The Morgan fingerprint density at radius 2 is 1.53 bits per heavy atom. The second kappa shape index (κ2) is 10.7. The Kier molecular flexibility index (Phi) is 11.4. The lowest BCUT2D eigenvalue weighted by molar-refractivity contribution is -0.144. The van der Waals surface area contributed by atoms with E-state index in [4.69, 9.17) is 21.7 Å². The third kappa shape index (κ3) is 11.6. The lowest BCUT2D eigenvalue weighted by Crippen LogP contribution is -2.40. The summed E-state index contributed by atoms with van der Waals surface area (Å²) in [6.45, 7) is 10.6. The normalized spacial score (nSPS) is 12.3. The zero-order valence-corrected chi connectivity index (χ0v) is 12.2. The number of aliphatic carboxylic acids is 2. The minimum Gasteiger partial charge on any atom is -0.481 e. The summed E-state index contributed by atoms with van der Waals surface area (Å²) in [5.41, 5.74) is 10.3. The maximum Gasteiger partial charge on any atom is 0.321 e. The van der Waals surface area contributed by atoms with Gasteiger partial charge < -0.3 is 21.7 Å². The van der Waals surface area contributed by atoms with Gasteiger partial charge in [-0.25, -0.2) is 0 Å². The molecule has 6 N–H and O–H groups in total. The molecule has 0 radical (unpaired) electrons. The van der Waals surface area contributed by atoms with Crippen LogP contribution in [0.1, 0.15) is 34.1 Å². The van der Waals surface area contributed by atoms with Gasteiger partial charge in [0.05, 0.1) is 6.42 Å². The van der Waals surface area contributed by atoms with Gasteiger partial charge in [0, 0.05) is 25.2 Å². The molecule has 0 aromatic rings. The third-order valence-electron chi connectivity index (χ3n) is 2.43. The summed E-state index contributed by atoms with van der Waals surface area (Å²) in [4.78, 5) is 22.0. The van der Waals surface area contributed by atoms with Crippen molar-refractivity contribution in [2.75, 3.05) is 13.1 Å². The standard InChI is InChI=1S/C8H20N2.C4H7NO4/c1-7(2)10(6-5-9)8(3)4;5-2(4(8)9)1-3(6)7/h7-8H,5-6,9H2,1-4H3;2H,1,5H2,(H,6,7)(H,8,9). The van der Waals surface area contributed by atoms with Crippen molar-refractivity contribution in [1.82, 2.24) is 4.90 Å². The predicted octanol–water partition coefficient (Wildman–Crippen LogP) is -0.0631. The average Bonchev–Trinajstić information content (AvgIpc) is 2.24. The number of rotatable bonds is 7. The minimum absolute atomic E-state index is 0.532. The zero-order chi connectivity index (χ0) is 15.6. The minimum atomic E-state index is -1.29. The van der Waals surface area contributed by atoms with Crippen LogP contribution in [0.4, 0.5) is 0 Å². The van der Waals surface area contributed by atoms with Gasteiger partial charge in [-0.2, -0.15) is 0 Å². The molecule has 1 atom stereocenters. The molecule has 0 bridgehead atoms. The van der Waals surface area contributed by atoms with Crippen molar-refractivity contribution >= 4 is 11.9 Å². The van der Waals surface area contributed by atoms with Crippen molar-refractivity contribution < 1.29 is 19.8 Å². The molecule has 0 aromatic carbocycles. The molecule has 0 amide bonds. The largest absolute Gasteiger partial charge is 0.481 e. The number of hydrogen-bond donors (Lipinski definition) is 4. The van der Waals surface area contributed by atoms with Gasteiger partial charge >= 0.3 is 11.9 Å². The molecule has 0 aliphatic heterocycles. The van der Waals surface area contributed by atoms with E-state index in [-0.39, 0.29) is 0 Å². The van der Waals surface area contributed by atoms with Crippen LogP contribution in [-0.4, -0.2) is 58.3 Å². The lowest BCUT2D eigenvalue weighted by Gasteiger charge is -2.29. The molecule has 19 heavy (non-hydrogen) atoms. The van der Waals surface area contributed by atoms with Crippen molar-refractivity contribution in [2.24, 2.45) is 11.5 Å². The van der Waals surface area contributed by atoms with E-state index in [1.807, 2.05) is 0 Å². The van der Waals surface area contributed by atoms with E-state index in [9.17, 15) is 9.59 Å². The number of hydrogen-bond acceptors (Lipinski definition) is 5. The highest BCUT2D eigenvalue weighted by Gasteiger charge is 2.14. The van der Waals surface area contributed by atoms with E-state index < -0.39 is 24.4 Å². The van der Waals surface area contributed by atoms with E-state index in [2.05, 4.69) is 32.6 Å². The molecule has 1 unspecified atom stereocenters. The van der Waals surface area contributed by atoms with Gasteiger partial charge in [-0.1, -0.05) is 0 Å². The van der Waals surface area contributed by atoms with Crippen molar-refractivity contribution in [3.8, 4) is 0 Å². The average molecular weight is 277 g/mol. The predicted molar refractivity (Wildman–Crippen MR) is 73.9 cm³/mol. The first-order valence-electron chi connectivity index (χ1n) is 6.29. The zero-order valence-electron chi connectivity index (χ0n) is 12.2. The van der Waals surface area contributed by atoms with Gasteiger partial charge in [0.15, 0.2) is 0 Å². The molecule has 0 aliphatic rings. The highest BCUT2D eigenvalue weighted by molar-refractivity contribution is 5.80. The van der Waals surface area contributed by atoms with E-state index >= 15 is 0 Å². The first-order chi connectivity index (χ1) is 8.63. The molecule has 114 valence electrons. The fourth-order valence-electron chi connectivity index (χ4n) is 1.54. The summed E-state index contributed by atoms with van der Waals surface area (Å²) in [7, 11) is 0. The second-order valence-corrected chi connectivity index (χ2v) is 4.76. The van der Waals surface area contributed by atoms with Crippen molar-refractivity contribution in [3.63, 3.8) is 0 Å². The van der Waals surface area contributed by atoms with Crippen LogP contribution in [-0.2, 0) is 9.59 Å². The molecule has 0 heterocycles. The molecule has 0 rings (SSSR count). The molecule has 0 saturated carbocycles. The Morgan fingerprint density at radius 3 is 1.63 bits per heavy atom. The highest BCUT2D eigenvalue weighted by Crippen LogP contribution is 2.02. The van der Waals surface area contributed by atoms with Crippen molar-refractivity contribution in [3.05, 3.63) is 0 Å². The van der Waals surface area contributed by atoms with Gasteiger partial charge in [0.2, 0.25) is 0 Å². The molecular formula is C12H27N3O4. The van der Waals surface area contributed by atoms with Crippen molar-refractivity contribution in [2.45, 2.75) is 52.2 Å². The molecule has 7 heteroatoms. The van der Waals surface area contributed by atoms with E-state index in [0.717, 1.165) is 13.1 Å². The molecule has 0 spiro atoms. The van der Waals surface area contributed by atoms with Crippen LogP contribution in [0.3, 0.4) is 0 Å². The Bertz CT molecular complexity index is 262. The second-order valence-electron chi connectivity index (χ2n) is 4.76. The van der Waals surface area contributed by atoms with Crippen LogP contribution >= 0.6 is 0 Å². The van der Waals surface area contributed by atoms with Crippen LogP contribution in [0.2, 0.25) is 0 Å². The maximum atomic E-state index is 9.85. The summed E-state index contributed by atoms with van der Waals surface area (Å²) >= 11 is 0. The van der Waals surface area contributed by atoms with Gasteiger partial charge in [0.1, 0.15) is 6.04 Å². The number of carbonyl (C=O) groups is 2. The Labute approximate surface area is 114 Å². The number of nitrogens with two attached hydrogens (primary N) is 2. The fourth-order valence-corrected chi connectivity index (χ4v) is 1.54. The SMILES string of the molecule is CC(C)N(CCN)C(C)C.NC(CC(=O)O)C(=O)O. The molecular weight excluding hydrogens is 250 g/mol. The number of nitrogens with zero attached hydrogens (tertiary/aromatic N) is 1. The maximum absolute atomic E-state index is 9.85. The first-order valence-corrected chi connectivity index (χ1v) is 6.29. The first kappa shape index (κ1) is 20.1. The van der Waals surface area contributed by atoms with Crippen LogP contribution in [0.5, 0.6) is 0 Å². The Morgan fingerprint density at radius 1 is 1.11 bits per heavy atom. The van der Waals surface area contributed by atoms with Gasteiger partial charge in [0.25, 0.3) is 0 Å². The molecule has 0 fully saturated rings. The lowest BCUT2D eigenvalue weighted by atomic mass is 10.2. The Balaban J connectivity index is 0.